The number of nitrogens with one attached hydrogen (secondary N) is 1. The maximum Gasteiger partial charge on any atom is 0.420 e. The number of hydrogen-bond acceptors (Lipinski definition) is 5. The van der Waals surface area contributed by atoms with Gasteiger partial charge in [-0.1, -0.05) is 19.6 Å². The third kappa shape index (κ3) is 7.67. The molecule has 7 nitrogen and oxygen atoms in total. The van der Waals surface area contributed by atoms with Gasteiger partial charge in [0, 0.05) is 32.0 Å². The Labute approximate surface area is 221 Å². The average molecular weight is 550 g/mol. The SMILES string of the molecule is Cc1cc(-c2ccc(OCC(C)(C)C(=O)O)cc2)ncc1-c1ncc(C(OCC[Si](C)(C)C)C(F)(F)F)[nH]1. The van der Waals surface area contributed by atoms with Gasteiger partial charge in [0.25, 0.3) is 0 Å². The van der Waals surface area contributed by atoms with Gasteiger partial charge in [0.15, 0.2) is 6.10 Å². The predicted octanol–water partition coefficient (Wildman–Crippen LogP) is 6.89. The van der Waals surface area contributed by atoms with E-state index in [-0.39, 0.29) is 24.7 Å². The lowest BCUT2D eigenvalue weighted by Gasteiger charge is -2.22. The molecule has 1 unspecified atom stereocenters. The van der Waals surface area contributed by atoms with E-state index < -0.39 is 31.7 Å². The van der Waals surface area contributed by atoms with Crippen LogP contribution in [0.2, 0.25) is 25.7 Å². The summed E-state index contributed by atoms with van der Waals surface area (Å²) >= 11 is 0. The molecule has 1 aromatic carbocycles. The number of H-pyrrole nitrogens is 1. The lowest BCUT2D eigenvalue weighted by molar-refractivity contribution is -0.223. The van der Waals surface area contributed by atoms with Crippen LogP contribution < -0.4 is 4.74 Å². The van der Waals surface area contributed by atoms with E-state index in [9.17, 15) is 23.1 Å². The number of halogens is 3. The highest BCUT2D eigenvalue weighted by molar-refractivity contribution is 6.76. The number of aryl methyl sites for hydroxylation is 1. The number of benzene rings is 1. The summed E-state index contributed by atoms with van der Waals surface area (Å²) in [4.78, 5) is 22.7. The molecule has 3 aromatic rings. The summed E-state index contributed by atoms with van der Waals surface area (Å²) in [5.74, 6) is -0.128. The summed E-state index contributed by atoms with van der Waals surface area (Å²) in [7, 11) is -1.55. The van der Waals surface area contributed by atoms with Crippen LogP contribution in [0.4, 0.5) is 13.2 Å². The van der Waals surface area contributed by atoms with Gasteiger partial charge in [0.1, 0.15) is 18.2 Å². The molecule has 2 heterocycles. The highest BCUT2D eigenvalue weighted by atomic mass is 28.3. The molecule has 0 spiro atoms. The first-order valence-corrected chi connectivity index (χ1v) is 15.9. The quantitative estimate of drug-likeness (QED) is 0.253. The van der Waals surface area contributed by atoms with Crippen LogP contribution >= 0.6 is 0 Å². The number of rotatable bonds is 11. The summed E-state index contributed by atoms with van der Waals surface area (Å²) in [5, 5.41) is 9.22. The van der Waals surface area contributed by atoms with E-state index >= 15 is 0 Å². The van der Waals surface area contributed by atoms with Gasteiger partial charge in [0.05, 0.1) is 23.0 Å². The van der Waals surface area contributed by atoms with Crippen LogP contribution in [-0.2, 0) is 9.53 Å². The van der Waals surface area contributed by atoms with Gasteiger partial charge in [-0.15, -0.1) is 0 Å². The zero-order chi connectivity index (χ0) is 28.3. The number of ether oxygens (including phenoxy) is 2. The Morgan fingerprint density at radius 2 is 1.76 bits per heavy atom. The summed E-state index contributed by atoms with van der Waals surface area (Å²) in [6.07, 6.45) is -3.91. The number of carboxylic acid groups (broad SMARTS) is 1. The van der Waals surface area contributed by atoms with Crippen LogP contribution in [0.15, 0.2) is 42.7 Å². The molecule has 206 valence electrons. The minimum absolute atomic E-state index is 0.0252. The number of nitrogens with zero attached hydrogens (tertiary/aromatic N) is 2. The van der Waals surface area contributed by atoms with Crippen LogP contribution in [0.1, 0.15) is 31.2 Å². The fourth-order valence-electron chi connectivity index (χ4n) is 3.46. The number of hydrogen-bond donors (Lipinski definition) is 2. The Bertz CT molecular complexity index is 1250. The van der Waals surface area contributed by atoms with Crippen molar-refractivity contribution in [2.24, 2.45) is 5.41 Å². The van der Waals surface area contributed by atoms with Gasteiger partial charge in [-0.05, 0) is 62.7 Å². The molecule has 0 bridgehead atoms. The van der Waals surface area contributed by atoms with Gasteiger partial charge in [-0.25, -0.2) is 4.98 Å². The highest BCUT2D eigenvalue weighted by Gasteiger charge is 2.43. The molecule has 3 rings (SSSR count). The minimum Gasteiger partial charge on any atom is -0.492 e. The van der Waals surface area contributed by atoms with Gasteiger partial charge < -0.3 is 19.6 Å². The van der Waals surface area contributed by atoms with Crippen LogP contribution in [0.5, 0.6) is 5.75 Å². The zero-order valence-corrected chi connectivity index (χ0v) is 23.4. The number of aliphatic carboxylic acids is 1. The van der Waals surface area contributed by atoms with Crippen LogP contribution in [0, 0.1) is 12.3 Å². The first-order valence-electron chi connectivity index (χ1n) is 12.2. The summed E-state index contributed by atoms with van der Waals surface area (Å²) < 4.78 is 52.0. The number of pyridine rings is 1. The van der Waals surface area contributed by atoms with E-state index in [0.29, 0.717) is 23.1 Å². The van der Waals surface area contributed by atoms with E-state index in [0.717, 1.165) is 11.1 Å². The first kappa shape index (κ1) is 29.4. The Morgan fingerprint density at radius 1 is 1.11 bits per heavy atom. The van der Waals surface area contributed by atoms with Crippen LogP contribution in [0.3, 0.4) is 0 Å². The van der Waals surface area contributed by atoms with E-state index in [4.69, 9.17) is 9.47 Å². The molecule has 0 aliphatic carbocycles. The molecule has 1 atom stereocenters. The Balaban J connectivity index is 1.75. The fourth-order valence-corrected chi connectivity index (χ4v) is 4.19. The highest BCUT2D eigenvalue weighted by Crippen LogP contribution is 2.36. The molecule has 0 amide bonds. The van der Waals surface area contributed by atoms with Gasteiger partial charge in [0.2, 0.25) is 0 Å². The topological polar surface area (TPSA) is 97.3 Å². The van der Waals surface area contributed by atoms with Gasteiger partial charge >= 0.3 is 12.1 Å². The summed E-state index contributed by atoms with van der Waals surface area (Å²) in [5.41, 5.74) is 1.67. The van der Waals surface area contributed by atoms with Crippen molar-refractivity contribution < 1.29 is 32.5 Å². The van der Waals surface area contributed by atoms with Crippen molar-refractivity contribution in [1.29, 1.82) is 0 Å². The lowest BCUT2D eigenvalue weighted by atomic mass is 9.95. The predicted molar refractivity (Wildman–Crippen MR) is 142 cm³/mol. The summed E-state index contributed by atoms with van der Waals surface area (Å²) in [6.45, 7) is 11.3. The molecule has 2 aromatic heterocycles. The van der Waals surface area contributed by atoms with Crippen molar-refractivity contribution in [1.82, 2.24) is 15.0 Å². The standard InChI is InChI=1S/C27H34F3N3O4Si/c1-17-13-21(18-7-9-19(10-8-18)37-16-26(2,3)25(34)35)31-14-20(17)24-32-15-22(33-24)23(27(28,29)30)36-11-12-38(4,5)6/h7-10,13-15,23H,11-12,16H2,1-6H3,(H,32,33)(H,34,35). The number of aromatic amines is 1. The number of carbonyl (C=O) groups is 1. The molecule has 0 aliphatic heterocycles. The van der Waals surface area contributed by atoms with Gasteiger partial charge in [-0.3, -0.25) is 9.78 Å². The van der Waals surface area contributed by atoms with Crippen LogP contribution in [-0.4, -0.2) is 53.5 Å². The third-order valence-electron chi connectivity index (χ3n) is 6.01. The first-order chi connectivity index (χ1) is 17.6. The second kappa shape index (κ2) is 11.3. The van der Waals surface area contributed by atoms with Crippen molar-refractivity contribution in [3.05, 3.63) is 54.0 Å². The minimum atomic E-state index is -4.57. The molecular weight excluding hydrogens is 515 g/mol. The molecule has 0 saturated heterocycles. The van der Waals surface area contributed by atoms with Crippen molar-refractivity contribution in [3.63, 3.8) is 0 Å². The second-order valence-electron chi connectivity index (χ2n) is 11.2. The van der Waals surface area contributed by atoms with E-state index in [2.05, 4.69) is 34.6 Å². The molecular formula is C27H34F3N3O4Si. The molecule has 0 saturated carbocycles. The average Bonchev–Trinajstić information content (AvgIpc) is 3.28. The fraction of sp³-hybridized carbons (Fsp3) is 0.444. The normalized spacial score (nSPS) is 13.4. The Hall–Kier alpha value is -3.18. The van der Waals surface area contributed by atoms with E-state index in [1.54, 1.807) is 44.3 Å². The summed E-state index contributed by atoms with van der Waals surface area (Å²) in [6, 6.07) is 9.53. The van der Waals surface area contributed by atoms with Crippen molar-refractivity contribution >= 4 is 14.0 Å². The van der Waals surface area contributed by atoms with Crippen molar-refractivity contribution in [3.8, 4) is 28.4 Å². The number of carboxylic acids is 1. The maximum atomic E-state index is 13.7. The van der Waals surface area contributed by atoms with Gasteiger partial charge in [-0.2, -0.15) is 13.2 Å². The number of alkyl halides is 3. The number of aromatic nitrogens is 3. The lowest BCUT2D eigenvalue weighted by Crippen LogP contribution is -2.30. The molecule has 0 fully saturated rings. The molecule has 11 heteroatoms. The molecule has 2 N–H and O–H groups in total. The van der Waals surface area contributed by atoms with Crippen molar-refractivity contribution in [2.75, 3.05) is 13.2 Å². The third-order valence-corrected chi connectivity index (χ3v) is 7.71. The Morgan fingerprint density at radius 3 is 2.32 bits per heavy atom. The zero-order valence-electron chi connectivity index (χ0n) is 22.4. The largest absolute Gasteiger partial charge is 0.492 e. The molecule has 0 aliphatic rings. The Kier molecular flexibility index (Phi) is 8.72. The second-order valence-corrected chi connectivity index (χ2v) is 16.8. The number of imidazole rings is 1. The van der Waals surface area contributed by atoms with Crippen LogP contribution in [0.25, 0.3) is 22.6 Å². The van der Waals surface area contributed by atoms with Crippen molar-refractivity contribution in [2.45, 2.75) is 58.7 Å². The smallest absolute Gasteiger partial charge is 0.420 e. The molecule has 0 radical (unpaired) electrons. The van der Waals surface area contributed by atoms with E-state index in [1.165, 1.54) is 6.20 Å². The molecule has 38 heavy (non-hydrogen) atoms. The maximum absolute atomic E-state index is 13.7. The van der Waals surface area contributed by atoms with E-state index in [1.807, 2.05) is 13.0 Å². The monoisotopic (exact) mass is 549 g/mol.